The second-order valence-corrected chi connectivity index (χ2v) is 11.7. The van der Waals surface area contributed by atoms with Crippen molar-refractivity contribution < 1.29 is 9.90 Å². The molecule has 0 radical (unpaired) electrons. The third-order valence-corrected chi connectivity index (χ3v) is 7.54. The van der Waals surface area contributed by atoms with Gasteiger partial charge < -0.3 is 5.11 Å². The molecule has 0 heterocycles. The zero-order valence-electron chi connectivity index (χ0n) is 25.9. The SMILES string of the molecule is CCCCCC(=N/C(=C(\C)CN(CCC(C)C)Cc1ccc(C(=O)O)cc1)c1ccc(C)cc1)c1ccccc1C. The van der Waals surface area contributed by atoms with Crippen molar-refractivity contribution in [2.24, 2.45) is 10.9 Å². The number of aliphatic imine (C=N–C) groups is 1. The highest BCUT2D eigenvalue weighted by molar-refractivity contribution is 6.04. The van der Waals surface area contributed by atoms with Crippen molar-refractivity contribution in [3.8, 4) is 0 Å². The van der Waals surface area contributed by atoms with Crippen LogP contribution in [0.3, 0.4) is 0 Å². The molecule has 0 saturated carbocycles. The van der Waals surface area contributed by atoms with Gasteiger partial charge in [0, 0.05) is 24.4 Å². The first kappa shape index (κ1) is 32.0. The summed E-state index contributed by atoms with van der Waals surface area (Å²) in [6.45, 7) is 15.8. The molecule has 0 unspecified atom stereocenters. The van der Waals surface area contributed by atoms with E-state index in [2.05, 4.69) is 95.0 Å². The van der Waals surface area contributed by atoms with E-state index in [0.717, 1.165) is 61.4 Å². The van der Waals surface area contributed by atoms with E-state index in [-0.39, 0.29) is 0 Å². The predicted octanol–water partition coefficient (Wildman–Crippen LogP) is 9.35. The number of aromatic carboxylic acids is 1. The number of carboxylic acid groups (broad SMARTS) is 1. The van der Waals surface area contributed by atoms with Gasteiger partial charge in [0.05, 0.1) is 11.3 Å². The van der Waals surface area contributed by atoms with Crippen molar-refractivity contribution in [3.63, 3.8) is 0 Å². The van der Waals surface area contributed by atoms with E-state index in [4.69, 9.17) is 4.99 Å². The van der Waals surface area contributed by atoms with Crippen molar-refractivity contribution in [2.45, 2.75) is 80.2 Å². The molecule has 218 valence electrons. The van der Waals surface area contributed by atoms with E-state index < -0.39 is 5.97 Å². The molecule has 0 saturated heterocycles. The highest BCUT2D eigenvalue weighted by atomic mass is 16.4. The molecule has 3 aromatic rings. The minimum atomic E-state index is -0.893. The predicted molar refractivity (Wildman–Crippen MR) is 174 cm³/mol. The molecular formula is C37H48N2O2. The van der Waals surface area contributed by atoms with Gasteiger partial charge in [0.15, 0.2) is 0 Å². The van der Waals surface area contributed by atoms with Gasteiger partial charge in [-0.1, -0.05) is 99.8 Å². The van der Waals surface area contributed by atoms with Crippen LogP contribution in [0.4, 0.5) is 0 Å². The standard InChI is InChI=1S/C37H48N2O2/c1-7-8-9-14-35(34-13-11-10-12-29(34)5)38-36(32-19-15-28(4)16-20-32)30(6)25-39(24-23-27(2)3)26-31-17-21-33(22-18-31)37(40)41/h10-13,15-22,27H,7-9,14,23-26H2,1-6H3,(H,40,41)/b36-30+,38-35?. The highest BCUT2D eigenvalue weighted by Gasteiger charge is 2.15. The first-order chi connectivity index (χ1) is 19.7. The normalized spacial score (nSPS) is 12.6. The first-order valence-electron chi connectivity index (χ1n) is 15.1. The smallest absolute Gasteiger partial charge is 0.335 e. The average molecular weight is 553 g/mol. The Morgan fingerprint density at radius 1 is 0.902 bits per heavy atom. The van der Waals surface area contributed by atoms with Gasteiger partial charge in [0.25, 0.3) is 0 Å². The maximum absolute atomic E-state index is 11.4. The van der Waals surface area contributed by atoms with Crippen molar-refractivity contribution in [2.75, 3.05) is 13.1 Å². The molecule has 0 aliphatic rings. The van der Waals surface area contributed by atoms with Crippen LogP contribution in [0, 0.1) is 19.8 Å². The fourth-order valence-corrected chi connectivity index (χ4v) is 5.02. The maximum atomic E-state index is 11.4. The van der Waals surface area contributed by atoms with Crippen LogP contribution in [0.25, 0.3) is 5.70 Å². The van der Waals surface area contributed by atoms with Gasteiger partial charge >= 0.3 is 5.97 Å². The molecule has 3 rings (SSSR count). The average Bonchev–Trinajstić information content (AvgIpc) is 2.95. The zero-order valence-corrected chi connectivity index (χ0v) is 25.9. The van der Waals surface area contributed by atoms with Crippen molar-refractivity contribution in [1.82, 2.24) is 4.90 Å². The summed E-state index contributed by atoms with van der Waals surface area (Å²) in [5.41, 5.74) is 9.75. The van der Waals surface area contributed by atoms with Crippen LogP contribution in [0.5, 0.6) is 0 Å². The minimum Gasteiger partial charge on any atom is -0.478 e. The van der Waals surface area contributed by atoms with Crippen LogP contribution < -0.4 is 0 Å². The number of hydrogen-bond donors (Lipinski definition) is 1. The van der Waals surface area contributed by atoms with E-state index in [1.807, 2.05) is 12.1 Å². The third-order valence-electron chi connectivity index (χ3n) is 7.54. The Balaban J connectivity index is 2.05. The number of hydrogen-bond acceptors (Lipinski definition) is 3. The summed E-state index contributed by atoms with van der Waals surface area (Å²) < 4.78 is 0. The van der Waals surface area contributed by atoms with Crippen molar-refractivity contribution in [3.05, 3.63) is 112 Å². The van der Waals surface area contributed by atoms with Crippen LogP contribution in [-0.4, -0.2) is 34.8 Å². The van der Waals surface area contributed by atoms with E-state index >= 15 is 0 Å². The minimum absolute atomic E-state index is 0.321. The maximum Gasteiger partial charge on any atom is 0.335 e. The lowest BCUT2D eigenvalue weighted by atomic mass is 9.98. The summed E-state index contributed by atoms with van der Waals surface area (Å²) in [5, 5.41) is 9.32. The summed E-state index contributed by atoms with van der Waals surface area (Å²) in [6, 6.07) is 24.6. The van der Waals surface area contributed by atoms with Crippen molar-refractivity contribution >= 4 is 17.4 Å². The van der Waals surface area contributed by atoms with E-state index in [9.17, 15) is 9.90 Å². The molecule has 1 N–H and O–H groups in total. The fourth-order valence-electron chi connectivity index (χ4n) is 5.02. The summed E-state index contributed by atoms with van der Waals surface area (Å²) in [6.07, 6.45) is 5.54. The molecule has 0 bridgehead atoms. The molecular weight excluding hydrogens is 504 g/mol. The first-order valence-corrected chi connectivity index (χ1v) is 15.1. The van der Waals surface area contributed by atoms with Crippen LogP contribution in [0.2, 0.25) is 0 Å². The lowest BCUT2D eigenvalue weighted by Crippen LogP contribution is -2.27. The quantitative estimate of drug-likeness (QED) is 0.151. The number of benzene rings is 3. The molecule has 4 nitrogen and oxygen atoms in total. The van der Waals surface area contributed by atoms with Crippen LogP contribution in [0.15, 0.2) is 83.4 Å². The van der Waals surface area contributed by atoms with Gasteiger partial charge in [-0.3, -0.25) is 9.89 Å². The molecule has 0 aromatic heterocycles. The van der Waals surface area contributed by atoms with Crippen LogP contribution in [0.1, 0.15) is 98.0 Å². The Morgan fingerprint density at radius 3 is 2.17 bits per heavy atom. The monoisotopic (exact) mass is 552 g/mol. The second-order valence-electron chi connectivity index (χ2n) is 11.7. The summed E-state index contributed by atoms with van der Waals surface area (Å²) >= 11 is 0. The fraction of sp³-hybridized carbons (Fsp3) is 0.405. The summed E-state index contributed by atoms with van der Waals surface area (Å²) in [7, 11) is 0. The van der Waals surface area contributed by atoms with Crippen LogP contribution >= 0.6 is 0 Å². The third kappa shape index (κ3) is 10.1. The number of carboxylic acids is 1. The Bertz CT molecular complexity index is 1320. The summed E-state index contributed by atoms with van der Waals surface area (Å²) in [4.78, 5) is 19.3. The number of unbranched alkanes of at least 4 members (excludes halogenated alkanes) is 2. The molecule has 4 heteroatoms. The van der Waals surface area contributed by atoms with Crippen molar-refractivity contribution in [1.29, 1.82) is 0 Å². The Labute approximate surface area is 247 Å². The number of carbonyl (C=O) groups is 1. The van der Waals surface area contributed by atoms with Gasteiger partial charge in [-0.2, -0.15) is 0 Å². The number of aryl methyl sites for hydroxylation is 2. The van der Waals surface area contributed by atoms with E-state index in [0.29, 0.717) is 11.5 Å². The molecule has 41 heavy (non-hydrogen) atoms. The zero-order chi connectivity index (χ0) is 29.8. The second kappa shape index (κ2) is 16.1. The van der Waals surface area contributed by atoms with E-state index in [1.165, 1.54) is 35.1 Å². The number of rotatable bonds is 15. The van der Waals surface area contributed by atoms with E-state index in [1.54, 1.807) is 12.1 Å². The van der Waals surface area contributed by atoms with Crippen LogP contribution in [-0.2, 0) is 6.54 Å². The highest BCUT2D eigenvalue weighted by Crippen LogP contribution is 2.26. The van der Waals surface area contributed by atoms with Gasteiger partial charge in [-0.15, -0.1) is 0 Å². The Hall–Kier alpha value is -3.50. The lowest BCUT2D eigenvalue weighted by molar-refractivity contribution is 0.0697. The molecule has 3 aromatic carbocycles. The molecule has 0 amide bonds. The largest absolute Gasteiger partial charge is 0.478 e. The Morgan fingerprint density at radius 2 is 1.56 bits per heavy atom. The van der Waals surface area contributed by atoms with Gasteiger partial charge in [0.2, 0.25) is 0 Å². The van der Waals surface area contributed by atoms with Gasteiger partial charge in [-0.25, -0.2) is 4.79 Å². The Kier molecular flexibility index (Phi) is 12.6. The number of nitrogens with zero attached hydrogens (tertiary/aromatic N) is 2. The molecule has 0 atom stereocenters. The summed E-state index contributed by atoms with van der Waals surface area (Å²) in [5.74, 6) is -0.298. The molecule has 0 aliphatic carbocycles. The van der Waals surface area contributed by atoms with Gasteiger partial charge in [-0.05, 0) is 86.9 Å². The topological polar surface area (TPSA) is 52.9 Å². The van der Waals surface area contributed by atoms with Gasteiger partial charge in [0.1, 0.15) is 0 Å². The molecule has 0 spiro atoms. The molecule has 0 fully saturated rings. The lowest BCUT2D eigenvalue weighted by Gasteiger charge is -2.25. The molecule has 0 aliphatic heterocycles.